The van der Waals surface area contributed by atoms with Crippen molar-refractivity contribution < 1.29 is 4.79 Å². The lowest BCUT2D eigenvalue weighted by Crippen LogP contribution is -2.39. The fourth-order valence-electron chi connectivity index (χ4n) is 3.71. The van der Waals surface area contributed by atoms with E-state index in [-0.39, 0.29) is 5.91 Å². The van der Waals surface area contributed by atoms with Crippen LogP contribution in [0.25, 0.3) is 6.08 Å². The second-order valence-corrected chi connectivity index (χ2v) is 7.47. The fourth-order valence-corrected chi connectivity index (χ4v) is 3.71. The quantitative estimate of drug-likeness (QED) is 0.632. The average Bonchev–Trinajstić information content (AvgIpc) is 2.79. The molecule has 1 N–H and O–H groups in total. The van der Waals surface area contributed by atoms with Gasteiger partial charge in [0.1, 0.15) is 11.6 Å². The van der Waals surface area contributed by atoms with Gasteiger partial charge in [0.05, 0.1) is 0 Å². The molecule has 152 valence electrons. The van der Waals surface area contributed by atoms with E-state index in [1.165, 1.54) is 0 Å². The highest BCUT2D eigenvalue weighted by Gasteiger charge is 2.23. The first-order chi connectivity index (χ1) is 14.8. The number of pyridine rings is 3. The molecule has 3 aromatic rings. The molecule has 30 heavy (non-hydrogen) atoms. The van der Waals surface area contributed by atoms with Crippen molar-refractivity contribution in [3.8, 4) is 0 Å². The topological polar surface area (TPSA) is 71.0 Å². The van der Waals surface area contributed by atoms with Gasteiger partial charge in [-0.2, -0.15) is 0 Å². The van der Waals surface area contributed by atoms with Gasteiger partial charge < -0.3 is 10.2 Å². The van der Waals surface area contributed by atoms with Crippen molar-refractivity contribution in [3.05, 3.63) is 84.5 Å². The minimum absolute atomic E-state index is 0.0575. The third kappa shape index (κ3) is 5.50. The van der Waals surface area contributed by atoms with Crippen LogP contribution in [-0.2, 0) is 11.2 Å². The van der Waals surface area contributed by atoms with Gasteiger partial charge in [-0.15, -0.1) is 0 Å². The Morgan fingerprint density at radius 3 is 2.87 bits per heavy atom. The van der Waals surface area contributed by atoms with Gasteiger partial charge in [-0.05, 0) is 67.2 Å². The number of amides is 1. The Morgan fingerprint density at radius 1 is 1.10 bits per heavy atom. The van der Waals surface area contributed by atoms with E-state index in [0.717, 1.165) is 55.2 Å². The summed E-state index contributed by atoms with van der Waals surface area (Å²) in [7, 11) is 0. The Balaban J connectivity index is 1.35. The molecule has 1 aliphatic heterocycles. The van der Waals surface area contributed by atoms with Crippen LogP contribution in [-0.4, -0.2) is 38.8 Å². The first-order valence-corrected chi connectivity index (χ1v) is 10.3. The predicted molar refractivity (Wildman–Crippen MR) is 118 cm³/mol. The maximum atomic E-state index is 12.6. The summed E-state index contributed by atoms with van der Waals surface area (Å²) in [4.78, 5) is 27.6. The standard InChI is InChI=1S/C24H25N5O/c30-24(12-11-19-6-4-13-25-17-19)29-15-5-7-20(18-29)16-21-8-3-10-23(27-21)28-22-9-1-2-14-26-22/h1-4,6,8-14,17,20H,5,7,15-16,18H2,(H,26,27,28). The summed E-state index contributed by atoms with van der Waals surface area (Å²) in [5.41, 5.74) is 1.96. The van der Waals surface area contributed by atoms with E-state index in [0.29, 0.717) is 5.92 Å². The fraction of sp³-hybridized carbons (Fsp3) is 0.250. The Labute approximate surface area is 176 Å². The van der Waals surface area contributed by atoms with E-state index < -0.39 is 0 Å². The molecule has 1 saturated heterocycles. The van der Waals surface area contributed by atoms with Crippen molar-refractivity contribution in [2.75, 3.05) is 18.4 Å². The number of hydrogen-bond donors (Lipinski definition) is 1. The minimum Gasteiger partial charge on any atom is -0.339 e. The number of carbonyl (C=O) groups is 1. The highest BCUT2D eigenvalue weighted by atomic mass is 16.2. The molecule has 0 aromatic carbocycles. The second kappa shape index (κ2) is 9.78. The lowest BCUT2D eigenvalue weighted by Gasteiger charge is -2.32. The summed E-state index contributed by atoms with van der Waals surface area (Å²) in [6.07, 6.45) is 11.7. The van der Waals surface area contributed by atoms with Crippen LogP contribution >= 0.6 is 0 Å². The van der Waals surface area contributed by atoms with Crippen LogP contribution in [0.1, 0.15) is 24.1 Å². The van der Waals surface area contributed by atoms with Crippen LogP contribution in [0, 0.1) is 5.92 Å². The van der Waals surface area contributed by atoms with E-state index in [4.69, 9.17) is 4.98 Å². The molecular weight excluding hydrogens is 374 g/mol. The molecule has 1 unspecified atom stereocenters. The zero-order valence-electron chi connectivity index (χ0n) is 16.8. The van der Waals surface area contributed by atoms with Crippen LogP contribution in [0.3, 0.4) is 0 Å². The van der Waals surface area contributed by atoms with Crippen LogP contribution in [0.4, 0.5) is 11.6 Å². The van der Waals surface area contributed by atoms with Crippen LogP contribution < -0.4 is 5.32 Å². The largest absolute Gasteiger partial charge is 0.339 e. The third-order valence-electron chi connectivity index (χ3n) is 5.16. The highest BCUT2D eigenvalue weighted by molar-refractivity contribution is 5.91. The number of aromatic nitrogens is 3. The molecule has 1 amide bonds. The average molecular weight is 399 g/mol. The Kier molecular flexibility index (Phi) is 6.44. The molecule has 0 radical (unpaired) electrons. The molecule has 4 rings (SSSR count). The number of nitrogens with zero attached hydrogens (tertiary/aromatic N) is 4. The Morgan fingerprint density at radius 2 is 2.03 bits per heavy atom. The van der Waals surface area contributed by atoms with Crippen molar-refractivity contribution in [1.29, 1.82) is 0 Å². The summed E-state index contributed by atoms with van der Waals surface area (Å²) in [6, 6.07) is 15.5. The SMILES string of the molecule is O=C(C=Cc1cccnc1)N1CCCC(Cc2cccc(Nc3ccccn3)n2)C1. The van der Waals surface area contributed by atoms with Crippen molar-refractivity contribution in [2.45, 2.75) is 19.3 Å². The smallest absolute Gasteiger partial charge is 0.246 e. The van der Waals surface area contributed by atoms with Crippen molar-refractivity contribution in [1.82, 2.24) is 19.9 Å². The molecule has 0 bridgehead atoms. The lowest BCUT2D eigenvalue weighted by molar-refractivity contribution is -0.127. The minimum atomic E-state index is 0.0575. The molecule has 4 heterocycles. The van der Waals surface area contributed by atoms with Gasteiger partial charge in [-0.1, -0.05) is 18.2 Å². The van der Waals surface area contributed by atoms with Gasteiger partial charge in [-0.3, -0.25) is 9.78 Å². The lowest BCUT2D eigenvalue weighted by atomic mass is 9.93. The van der Waals surface area contributed by atoms with E-state index in [1.807, 2.05) is 59.5 Å². The molecular formula is C24H25N5O. The maximum Gasteiger partial charge on any atom is 0.246 e. The van der Waals surface area contributed by atoms with Gasteiger partial charge >= 0.3 is 0 Å². The monoisotopic (exact) mass is 399 g/mol. The number of likely N-dealkylation sites (tertiary alicyclic amines) is 1. The van der Waals surface area contributed by atoms with Gasteiger partial charge in [0.2, 0.25) is 5.91 Å². The van der Waals surface area contributed by atoms with Crippen molar-refractivity contribution in [3.63, 3.8) is 0 Å². The van der Waals surface area contributed by atoms with Crippen LogP contribution in [0.2, 0.25) is 0 Å². The van der Waals surface area contributed by atoms with Crippen LogP contribution in [0.15, 0.2) is 73.2 Å². The van der Waals surface area contributed by atoms with Gasteiger partial charge in [0.25, 0.3) is 0 Å². The molecule has 0 aliphatic carbocycles. The molecule has 0 saturated carbocycles. The van der Waals surface area contributed by atoms with E-state index >= 15 is 0 Å². The highest BCUT2D eigenvalue weighted by Crippen LogP contribution is 2.22. The van der Waals surface area contributed by atoms with Crippen LogP contribution in [0.5, 0.6) is 0 Å². The first kappa shape index (κ1) is 19.8. The predicted octanol–water partition coefficient (Wildman–Crippen LogP) is 4.11. The summed E-state index contributed by atoms with van der Waals surface area (Å²) in [5, 5.41) is 3.24. The number of rotatable bonds is 6. The first-order valence-electron chi connectivity index (χ1n) is 10.3. The zero-order chi connectivity index (χ0) is 20.6. The van der Waals surface area contributed by atoms with E-state index in [2.05, 4.69) is 15.3 Å². The van der Waals surface area contributed by atoms with E-state index in [9.17, 15) is 4.79 Å². The number of anilines is 2. The summed E-state index contributed by atoms with van der Waals surface area (Å²) < 4.78 is 0. The molecule has 0 spiro atoms. The maximum absolute atomic E-state index is 12.6. The molecule has 1 atom stereocenters. The zero-order valence-corrected chi connectivity index (χ0v) is 16.8. The van der Waals surface area contributed by atoms with Gasteiger partial charge in [-0.25, -0.2) is 9.97 Å². The number of piperidine rings is 1. The summed E-state index contributed by atoms with van der Waals surface area (Å²) in [6.45, 7) is 1.57. The number of carbonyl (C=O) groups excluding carboxylic acids is 1. The number of hydrogen-bond acceptors (Lipinski definition) is 5. The van der Waals surface area contributed by atoms with Gasteiger partial charge in [0, 0.05) is 43.4 Å². The molecule has 6 heteroatoms. The summed E-state index contributed by atoms with van der Waals surface area (Å²) >= 11 is 0. The summed E-state index contributed by atoms with van der Waals surface area (Å²) in [5.74, 6) is 2.03. The van der Waals surface area contributed by atoms with Crippen molar-refractivity contribution in [2.24, 2.45) is 5.92 Å². The Bertz CT molecular complexity index is 991. The molecule has 1 aliphatic rings. The normalized spacial score (nSPS) is 16.5. The Hall–Kier alpha value is -3.54. The number of nitrogens with one attached hydrogen (secondary N) is 1. The molecule has 6 nitrogen and oxygen atoms in total. The van der Waals surface area contributed by atoms with Crippen molar-refractivity contribution >= 4 is 23.6 Å². The van der Waals surface area contributed by atoms with Gasteiger partial charge in [0.15, 0.2) is 0 Å². The van der Waals surface area contributed by atoms with E-state index in [1.54, 1.807) is 24.7 Å². The third-order valence-corrected chi connectivity index (χ3v) is 5.16. The molecule has 1 fully saturated rings. The second-order valence-electron chi connectivity index (χ2n) is 7.47. The molecule has 3 aromatic heterocycles.